The Balaban J connectivity index is 1.81. The summed E-state index contributed by atoms with van der Waals surface area (Å²) >= 11 is 0. The molecular weight excluding hydrogens is 662 g/mol. The molecule has 0 aromatic heterocycles. The molecule has 4 aliphatic rings. The van der Waals surface area contributed by atoms with Gasteiger partial charge in [-0.15, -0.1) is 0 Å². The first-order valence-corrected chi connectivity index (χ1v) is 19.0. The first kappa shape index (κ1) is 42.4. The number of ether oxygens (including phenoxy) is 7. The minimum absolute atomic E-state index is 0.175. The number of carbonyl (C=O) groups excluding carboxylic acids is 1. The van der Waals surface area contributed by atoms with Crippen LogP contribution in [0.2, 0.25) is 0 Å². The van der Waals surface area contributed by atoms with Crippen LogP contribution in [0.15, 0.2) is 11.3 Å². The molecule has 5 N–H and O–H groups in total. The van der Waals surface area contributed by atoms with Gasteiger partial charge in [-0.25, -0.2) is 0 Å². The zero-order valence-electron chi connectivity index (χ0n) is 32.9. The van der Waals surface area contributed by atoms with Crippen LogP contribution >= 0.6 is 0 Å². The number of aliphatic hydroxyl groups excluding tert-OH is 3. The Morgan fingerprint density at radius 1 is 1.06 bits per heavy atom. The summed E-state index contributed by atoms with van der Waals surface area (Å²) in [5.41, 5.74) is -2.95. The van der Waals surface area contributed by atoms with E-state index in [4.69, 9.17) is 33.2 Å². The summed E-state index contributed by atoms with van der Waals surface area (Å²) in [4.78, 5) is 14.3. The number of rotatable bonds is 11. The Labute approximate surface area is 304 Å². The molecule has 13 heteroatoms. The average molecular weight is 730 g/mol. The van der Waals surface area contributed by atoms with Crippen LogP contribution in [0.1, 0.15) is 108 Å². The zero-order valence-corrected chi connectivity index (χ0v) is 32.9. The quantitative estimate of drug-likeness (QED) is 0.196. The second kappa shape index (κ2) is 16.5. The molecule has 4 rings (SSSR count). The molecule has 3 saturated heterocycles. The lowest BCUT2D eigenvalue weighted by atomic mass is 9.78. The maximum Gasteiger partial charge on any atom is 0.311 e. The predicted molar refractivity (Wildman–Crippen MR) is 188 cm³/mol. The Bertz CT molecular complexity index is 1220. The van der Waals surface area contributed by atoms with Crippen LogP contribution in [0, 0.1) is 17.8 Å². The van der Waals surface area contributed by atoms with E-state index in [2.05, 4.69) is 12.2 Å². The topological polar surface area (TPSA) is 175 Å². The van der Waals surface area contributed by atoms with E-state index in [1.165, 1.54) is 14.0 Å². The third-order valence-electron chi connectivity index (χ3n) is 12.0. The van der Waals surface area contributed by atoms with E-state index < -0.39 is 95.8 Å². The maximum atomic E-state index is 14.3. The number of hydrogen-bond acceptors (Lipinski definition) is 13. The molecule has 2 bridgehead atoms. The second-order valence-corrected chi connectivity index (χ2v) is 16.4. The fraction of sp³-hybridized carbons (Fsp3) is 0.921. The van der Waals surface area contributed by atoms with Gasteiger partial charge < -0.3 is 58.9 Å². The summed E-state index contributed by atoms with van der Waals surface area (Å²) in [5, 5.41) is 48.7. The molecule has 0 aromatic rings. The van der Waals surface area contributed by atoms with Gasteiger partial charge in [-0.3, -0.25) is 4.79 Å². The summed E-state index contributed by atoms with van der Waals surface area (Å²) in [6, 6.07) is -0.256. The third kappa shape index (κ3) is 8.63. The number of fused-ring (bicyclic) bond motifs is 2. The lowest BCUT2D eigenvalue weighted by Gasteiger charge is -2.48. The van der Waals surface area contributed by atoms with Crippen molar-refractivity contribution in [2.45, 2.75) is 193 Å². The van der Waals surface area contributed by atoms with Crippen molar-refractivity contribution >= 4 is 5.97 Å². The Hall–Kier alpha value is -1.39. The summed E-state index contributed by atoms with van der Waals surface area (Å²) in [6.45, 7) is 20.8. The molecule has 0 aliphatic carbocycles. The molecule has 51 heavy (non-hydrogen) atoms. The van der Waals surface area contributed by atoms with Gasteiger partial charge in [0.05, 0.1) is 41.9 Å². The molecule has 0 aromatic carbocycles. The van der Waals surface area contributed by atoms with E-state index >= 15 is 0 Å². The van der Waals surface area contributed by atoms with Crippen molar-refractivity contribution in [3.63, 3.8) is 0 Å². The predicted octanol–water partition coefficient (Wildman–Crippen LogP) is 3.33. The van der Waals surface area contributed by atoms with E-state index in [1.807, 2.05) is 34.6 Å². The molecule has 17 atom stereocenters. The normalized spacial score (nSPS) is 45.7. The molecule has 0 radical (unpaired) electrons. The van der Waals surface area contributed by atoms with Gasteiger partial charge in [0, 0.05) is 31.9 Å². The first-order chi connectivity index (χ1) is 23.7. The molecular formula is C38H67NO12. The standard InChI is InChI=1S/C38H67NO12/c1-13-15-39-25-16-20(4)46-35(28(25)41)50-32-22(6)30(48-27-18-36(9,45-12)31(42)24(8)47-27)23(7)34(43)49-33(38(11,44)26(40)14-2)21(5)29-19(3)17-37(32,10)51-29/h20-28,30-33,35,39-42,44H,13-18H2,1-12H3/t20?,21-,22-,23+,24?,25?,26+,27-,28?,30-,31-,32+,33+,35-,36?,37?,38+/m0/s1. The smallest absolute Gasteiger partial charge is 0.311 e. The summed E-state index contributed by atoms with van der Waals surface area (Å²) in [7, 11) is 1.53. The van der Waals surface area contributed by atoms with E-state index in [-0.39, 0.29) is 25.0 Å². The van der Waals surface area contributed by atoms with Crippen LogP contribution in [0.4, 0.5) is 0 Å². The van der Waals surface area contributed by atoms with Crippen molar-refractivity contribution in [1.29, 1.82) is 0 Å². The highest BCUT2D eigenvalue weighted by molar-refractivity contribution is 5.73. The van der Waals surface area contributed by atoms with Gasteiger partial charge in [0.15, 0.2) is 12.6 Å². The van der Waals surface area contributed by atoms with Gasteiger partial charge in [-0.05, 0) is 79.8 Å². The molecule has 3 fully saturated rings. The molecule has 0 saturated carbocycles. The SMILES string of the molecule is CCCNC1CC(C)O[C@@H](O[C@@H]2[C@@H](C)[C@H](O[C@H]3CC(C)(OC)[C@@H](O)C(C)O3)[C@@H](C)C(=O)O[C@@H]([C@](C)(O)[C@H](O)CC)[C@@H](C)C3=C(C)CC2(C)O3)C1O. The second-order valence-electron chi connectivity index (χ2n) is 16.4. The summed E-state index contributed by atoms with van der Waals surface area (Å²) < 4.78 is 44.9. The lowest BCUT2D eigenvalue weighted by molar-refractivity contribution is -0.314. The Kier molecular flexibility index (Phi) is 13.7. The number of hydrogen-bond donors (Lipinski definition) is 5. The molecule has 13 nitrogen and oxygen atoms in total. The van der Waals surface area contributed by atoms with Crippen molar-refractivity contribution in [2.75, 3.05) is 13.7 Å². The van der Waals surface area contributed by atoms with Crippen LogP contribution in [0.3, 0.4) is 0 Å². The highest BCUT2D eigenvalue weighted by Gasteiger charge is 2.56. The zero-order chi connectivity index (χ0) is 38.2. The first-order valence-electron chi connectivity index (χ1n) is 19.0. The van der Waals surface area contributed by atoms with Crippen LogP contribution in [0.25, 0.3) is 0 Å². The van der Waals surface area contributed by atoms with Crippen LogP contribution in [-0.4, -0.2) is 124 Å². The highest BCUT2D eigenvalue weighted by atomic mass is 16.7. The van der Waals surface area contributed by atoms with Crippen molar-refractivity contribution in [2.24, 2.45) is 17.8 Å². The fourth-order valence-electron chi connectivity index (χ4n) is 8.77. The number of cyclic esters (lactones) is 1. The van der Waals surface area contributed by atoms with Crippen molar-refractivity contribution < 1.29 is 58.4 Å². The largest absolute Gasteiger partial charge is 0.488 e. The monoisotopic (exact) mass is 729 g/mol. The molecule has 0 amide bonds. The molecule has 6 unspecified atom stereocenters. The molecule has 0 spiro atoms. The number of nitrogens with one attached hydrogen (secondary N) is 1. The van der Waals surface area contributed by atoms with Crippen molar-refractivity contribution in [1.82, 2.24) is 5.32 Å². The van der Waals surface area contributed by atoms with Gasteiger partial charge in [-0.1, -0.05) is 27.7 Å². The maximum absolute atomic E-state index is 14.3. The number of carbonyl (C=O) groups is 1. The lowest BCUT2D eigenvalue weighted by Crippen LogP contribution is -2.60. The highest BCUT2D eigenvalue weighted by Crippen LogP contribution is 2.48. The Morgan fingerprint density at radius 2 is 1.73 bits per heavy atom. The number of methoxy groups -OCH3 is 1. The number of esters is 1. The van der Waals surface area contributed by atoms with Crippen LogP contribution in [-0.2, 0) is 38.0 Å². The summed E-state index contributed by atoms with van der Waals surface area (Å²) in [6.07, 6.45) is -6.37. The van der Waals surface area contributed by atoms with E-state index in [0.29, 0.717) is 18.6 Å². The Morgan fingerprint density at radius 3 is 2.33 bits per heavy atom. The molecule has 4 heterocycles. The average Bonchev–Trinajstić information content (AvgIpc) is 3.39. The van der Waals surface area contributed by atoms with Gasteiger partial charge in [0.25, 0.3) is 0 Å². The van der Waals surface area contributed by atoms with Gasteiger partial charge in [-0.2, -0.15) is 0 Å². The van der Waals surface area contributed by atoms with Crippen LogP contribution in [0.5, 0.6) is 0 Å². The van der Waals surface area contributed by atoms with Crippen molar-refractivity contribution in [3.05, 3.63) is 11.3 Å². The van der Waals surface area contributed by atoms with Crippen molar-refractivity contribution in [3.8, 4) is 0 Å². The van der Waals surface area contributed by atoms with Gasteiger partial charge in [0.2, 0.25) is 0 Å². The van der Waals surface area contributed by atoms with E-state index in [0.717, 1.165) is 18.5 Å². The molecule has 4 aliphatic heterocycles. The third-order valence-corrected chi connectivity index (χ3v) is 12.0. The van der Waals surface area contributed by atoms with Gasteiger partial charge >= 0.3 is 5.97 Å². The minimum atomic E-state index is -1.82. The van der Waals surface area contributed by atoms with E-state index in [9.17, 15) is 25.2 Å². The molecule has 296 valence electrons. The van der Waals surface area contributed by atoms with Gasteiger partial charge in [0.1, 0.15) is 41.4 Å². The number of aliphatic hydroxyl groups is 4. The van der Waals surface area contributed by atoms with Crippen LogP contribution < -0.4 is 5.32 Å². The fourth-order valence-corrected chi connectivity index (χ4v) is 8.77. The van der Waals surface area contributed by atoms with E-state index in [1.54, 1.807) is 27.7 Å². The minimum Gasteiger partial charge on any atom is -0.488 e. The summed E-state index contributed by atoms with van der Waals surface area (Å²) in [5.74, 6) is -2.26.